The average Bonchev–Trinajstić information content (AvgIpc) is 2.38. The third-order valence-electron chi connectivity index (χ3n) is 2.53. The summed E-state index contributed by atoms with van der Waals surface area (Å²) in [6.45, 7) is 0. The first-order valence-electron chi connectivity index (χ1n) is 5.55. The molecule has 0 unspecified atom stereocenters. The number of sulfonamides is 1. The highest BCUT2D eigenvalue weighted by molar-refractivity contribution is 9.11. The van der Waals surface area contributed by atoms with Gasteiger partial charge in [-0.3, -0.25) is 4.72 Å². The van der Waals surface area contributed by atoms with Gasteiger partial charge in [0.25, 0.3) is 10.0 Å². The summed E-state index contributed by atoms with van der Waals surface area (Å²) in [5, 5.41) is 0. The maximum absolute atomic E-state index is 12.4. The summed E-state index contributed by atoms with van der Waals surface area (Å²) in [6.07, 6.45) is 1.91. The molecule has 7 heteroatoms. The van der Waals surface area contributed by atoms with Gasteiger partial charge in [-0.2, -0.15) is 0 Å². The van der Waals surface area contributed by atoms with Gasteiger partial charge in [-0.1, -0.05) is 28.1 Å². The first-order valence-corrected chi connectivity index (χ1v) is 9.84. The fraction of sp³-hybridized carbons (Fsp3) is 0.0769. The van der Waals surface area contributed by atoms with Gasteiger partial charge in [0, 0.05) is 13.8 Å². The van der Waals surface area contributed by atoms with Crippen molar-refractivity contribution in [1.82, 2.24) is 0 Å². The fourth-order valence-electron chi connectivity index (χ4n) is 1.62. The van der Waals surface area contributed by atoms with E-state index in [-0.39, 0.29) is 4.90 Å². The predicted molar refractivity (Wildman–Crippen MR) is 90.9 cm³/mol. The summed E-state index contributed by atoms with van der Waals surface area (Å²) in [5.74, 6) is 0. The monoisotopic (exact) mass is 435 g/mol. The Hall–Kier alpha value is -0.500. The second-order valence-corrected chi connectivity index (χ2v) is 8.15. The Labute approximate surface area is 139 Å². The highest BCUT2D eigenvalue weighted by Crippen LogP contribution is 2.30. The van der Waals surface area contributed by atoms with Crippen LogP contribution in [0, 0.1) is 0 Å². The molecular formula is C13H11Br2NO2S2. The van der Waals surface area contributed by atoms with Gasteiger partial charge < -0.3 is 0 Å². The van der Waals surface area contributed by atoms with E-state index in [2.05, 4.69) is 36.6 Å². The van der Waals surface area contributed by atoms with E-state index in [0.717, 1.165) is 9.37 Å². The van der Waals surface area contributed by atoms with E-state index in [0.29, 0.717) is 10.2 Å². The van der Waals surface area contributed by atoms with Crippen molar-refractivity contribution in [2.75, 3.05) is 11.0 Å². The molecule has 0 heterocycles. The summed E-state index contributed by atoms with van der Waals surface area (Å²) < 4.78 is 28.8. The van der Waals surface area contributed by atoms with E-state index in [9.17, 15) is 8.42 Å². The summed E-state index contributed by atoms with van der Waals surface area (Å²) in [4.78, 5) is 1.08. The zero-order valence-electron chi connectivity index (χ0n) is 10.4. The SMILES string of the molecule is CSc1ccccc1NS(=O)(=O)c1ccc(Br)cc1Br. The normalized spacial score (nSPS) is 11.3. The molecule has 0 fully saturated rings. The Kier molecular flexibility index (Phi) is 5.17. The fourth-order valence-corrected chi connectivity index (χ4v) is 5.07. The number of thioether (sulfide) groups is 1. The molecule has 0 saturated heterocycles. The number of hydrogen-bond donors (Lipinski definition) is 1. The van der Waals surface area contributed by atoms with Crippen LogP contribution in [0.5, 0.6) is 0 Å². The van der Waals surface area contributed by atoms with E-state index in [4.69, 9.17) is 0 Å². The van der Waals surface area contributed by atoms with Crippen LogP contribution in [-0.2, 0) is 10.0 Å². The van der Waals surface area contributed by atoms with Crippen molar-refractivity contribution < 1.29 is 8.42 Å². The first-order chi connectivity index (χ1) is 9.44. The number of nitrogens with one attached hydrogen (secondary N) is 1. The lowest BCUT2D eigenvalue weighted by Crippen LogP contribution is -2.14. The van der Waals surface area contributed by atoms with Gasteiger partial charge in [0.05, 0.1) is 5.69 Å². The second kappa shape index (κ2) is 6.51. The van der Waals surface area contributed by atoms with Crippen LogP contribution in [0.4, 0.5) is 5.69 Å². The Balaban J connectivity index is 2.41. The van der Waals surface area contributed by atoms with Gasteiger partial charge in [0.1, 0.15) is 4.90 Å². The molecule has 0 aliphatic heterocycles. The van der Waals surface area contributed by atoms with Gasteiger partial charge in [-0.05, 0) is 52.5 Å². The van der Waals surface area contributed by atoms with Crippen LogP contribution in [0.15, 0.2) is 61.2 Å². The third-order valence-corrected chi connectivity index (χ3v) is 6.17. The molecule has 3 nitrogen and oxygen atoms in total. The van der Waals surface area contributed by atoms with E-state index < -0.39 is 10.0 Å². The molecule has 2 aromatic carbocycles. The maximum Gasteiger partial charge on any atom is 0.263 e. The summed E-state index contributed by atoms with van der Waals surface area (Å²) in [5.41, 5.74) is 0.579. The van der Waals surface area contributed by atoms with Crippen molar-refractivity contribution in [3.8, 4) is 0 Å². The molecule has 0 amide bonds. The van der Waals surface area contributed by atoms with E-state index in [1.54, 1.807) is 30.3 Å². The molecule has 0 spiro atoms. The van der Waals surface area contributed by atoms with Crippen molar-refractivity contribution in [1.29, 1.82) is 0 Å². The van der Waals surface area contributed by atoms with Crippen molar-refractivity contribution in [3.05, 3.63) is 51.4 Å². The summed E-state index contributed by atoms with van der Waals surface area (Å²) >= 11 is 8.07. The minimum Gasteiger partial charge on any atom is -0.278 e. The smallest absolute Gasteiger partial charge is 0.263 e. The van der Waals surface area contributed by atoms with Gasteiger partial charge in [-0.15, -0.1) is 11.8 Å². The van der Waals surface area contributed by atoms with Crippen molar-refractivity contribution in [2.45, 2.75) is 9.79 Å². The molecule has 0 atom stereocenters. The Morgan fingerprint density at radius 2 is 1.80 bits per heavy atom. The zero-order chi connectivity index (χ0) is 14.8. The number of anilines is 1. The molecular weight excluding hydrogens is 426 g/mol. The standard InChI is InChI=1S/C13H11Br2NO2S2/c1-19-12-5-3-2-4-11(12)16-20(17,18)13-7-6-9(14)8-10(13)15/h2-8,16H,1H3. The van der Waals surface area contributed by atoms with Crippen LogP contribution < -0.4 is 4.72 Å². The number of halogens is 2. The van der Waals surface area contributed by atoms with E-state index >= 15 is 0 Å². The van der Waals surface area contributed by atoms with Crippen LogP contribution in [0.25, 0.3) is 0 Å². The molecule has 0 saturated carbocycles. The average molecular weight is 437 g/mol. The van der Waals surface area contributed by atoms with Gasteiger partial charge in [0.15, 0.2) is 0 Å². The molecule has 20 heavy (non-hydrogen) atoms. The molecule has 106 valence electrons. The molecule has 1 N–H and O–H groups in total. The highest BCUT2D eigenvalue weighted by Gasteiger charge is 2.19. The van der Waals surface area contributed by atoms with Crippen molar-refractivity contribution >= 4 is 59.3 Å². The number of para-hydroxylation sites is 1. The van der Waals surface area contributed by atoms with Crippen LogP contribution in [0.2, 0.25) is 0 Å². The lowest BCUT2D eigenvalue weighted by atomic mass is 10.3. The second-order valence-electron chi connectivity index (χ2n) is 3.88. The van der Waals surface area contributed by atoms with Crippen molar-refractivity contribution in [3.63, 3.8) is 0 Å². The van der Waals surface area contributed by atoms with Gasteiger partial charge >= 0.3 is 0 Å². The quantitative estimate of drug-likeness (QED) is 0.704. The van der Waals surface area contributed by atoms with Crippen LogP contribution >= 0.6 is 43.6 Å². The summed E-state index contributed by atoms with van der Waals surface area (Å²) in [7, 11) is -3.62. The lowest BCUT2D eigenvalue weighted by molar-refractivity contribution is 0.600. The zero-order valence-corrected chi connectivity index (χ0v) is 15.2. The van der Waals surface area contributed by atoms with Crippen LogP contribution in [0.1, 0.15) is 0 Å². The highest BCUT2D eigenvalue weighted by atomic mass is 79.9. The van der Waals surface area contributed by atoms with Crippen LogP contribution in [-0.4, -0.2) is 14.7 Å². The molecule has 2 rings (SSSR count). The maximum atomic E-state index is 12.4. The third kappa shape index (κ3) is 3.58. The molecule has 2 aromatic rings. The number of rotatable bonds is 4. The minimum atomic E-state index is -3.62. The molecule has 0 bridgehead atoms. The molecule has 0 aliphatic rings. The molecule has 0 aliphatic carbocycles. The van der Waals surface area contributed by atoms with E-state index in [1.807, 2.05) is 18.4 Å². The molecule has 0 aromatic heterocycles. The van der Waals surface area contributed by atoms with Gasteiger partial charge in [0.2, 0.25) is 0 Å². The molecule has 0 radical (unpaired) electrons. The Morgan fingerprint density at radius 3 is 2.45 bits per heavy atom. The lowest BCUT2D eigenvalue weighted by Gasteiger charge is -2.12. The van der Waals surface area contributed by atoms with E-state index in [1.165, 1.54) is 11.8 Å². The minimum absolute atomic E-state index is 0.205. The largest absolute Gasteiger partial charge is 0.278 e. The van der Waals surface area contributed by atoms with Crippen molar-refractivity contribution in [2.24, 2.45) is 0 Å². The Morgan fingerprint density at radius 1 is 1.10 bits per heavy atom. The predicted octanol–water partition coefficient (Wildman–Crippen LogP) is 4.73. The van der Waals surface area contributed by atoms with Crippen LogP contribution in [0.3, 0.4) is 0 Å². The first kappa shape index (κ1) is 15.9. The number of benzene rings is 2. The van der Waals surface area contributed by atoms with Gasteiger partial charge in [-0.25, -0.2) is 8.42 Å². The topological polar surface area (TPSA) is 46.2 Å². The number of hydrogen-bond acceptors (Lipinski definition) is 3. The summed E-state index contributed by atoms with van der Waals surface area (Å²) in [6, 6.07) is 12.2. The Bertz CT molecular complexity index is 733.